The average Bonchev–Trinajstić information content (AvgIpc) is 3.06. The van der Waals surface area contributed by atoms with Crippen LogP contribution in [0.2, 0.25) is 5.02 Å². The lowest BCUT2D eigenvalue weighted by molar-refractivity contribution is 0.102. The van der Waals surface area contributed by atoms with Crippen LogP contribution >= 0.6 is 11.6 Å². The van der Waals surface area contributed by atoms with E-state index >= 15 is 0 Å². The van der Waals surface area contributed by atoms with Crippen LogP contribution in [-0.4, -0.2) is 10.9 Å². The quantitative estimate of drug-likeness (QED) is 0.534. The number of rotatable bonds is 4. The molecule has 4 rings (SSSR count). The number of halogens is 1. The van der Waals surface area contributed by atoms with Gasteiger partial charge in [-0.3, -0.25) is 4.79 Å². The van der Waals surface area contributed by atoms with Crippen LogP contribution in [0.15, 0.2) is 77.2 Å². The minimum atomic E-state index is -0.173. The molecular weight excluding hydrogens is 348 g/mol. The van der Waals surface area contributed by atoms with Crippen molar-refractivity contribution in [2.45, 2.75) is 6.42 Å². The van der Waals surface area contributed by atoms with Crippen LogP contribution in [0.25, 0.3) is 11.1 Å². The molecule has 0 atom stereocenters. The fraction of sp³-hybridized carbons (Fsp3) is 0.0476. The Balaban J connectivity index is 1.44. The van der Waals surface area contributed by atoms with Gasteiger partial charge in [-0.15, -0.1) is 0 Å². The molecule has 0 bridgehead atoms. The van der Waals surface area contributed by atoms with Gasteiger partial charge in [0.2, 0.25) is 0 Å². The van der Waals surface area contributed by atoms with E-state index in [0.717, 1.165) is 22.4 Å². The van der Waals surface area contributed by atoms with Gasteiger partial charge >= 0.3 is 0 Å². The summed E-state index contributed by atoms with van der Waals surface area (Å²) in [4.78, 5) is 16.7. The van der Waals surface area contributed by atoms with E-state index in [4.69, 9.17) is 16.0 Å². The highest BCUT2D eigenvalue weighted by atomic mass is 35.5. The third-order valence-electron chi connectivity index (χ3n) is 4.01. The van der Waals surface area contributed by atoms with E-state index in [1.165, 1.54) is 0 Å². The predicted molar refractivity (Wildman–Crippen MR) is 103 cm³/mol. The predicted octanol–water partition coefficient (Wildman–Crippen LogP) is 5.32. The SMILES string of the molecule is O=C(Nc1ccc(Cc2nc3ccccc3o2)cc1)c1ccc(Cl)cc1. The second-order valence-corrected chi connectivity index (χ2v) is 6.35. The number of hydrogen-bond donors (Lipinski definition) is 1. The zero-order valence-corrected chi connectivity index (χ0v) is 14.5. The third kappa shape index (κ3) is 3.60. The minimum Gasteiger partial charge on any atom is -0.440 e. The van der Waals surface area contributed by atoms with E-state index in [9.17, 15) is 4.79 Å². The van der Waals surface area contributed by atoms with Crippen LogP contribution in [0.1, 0.15) is 21.8 Å². The first-order chi connectivity index (χ1) is 12.7. The molecule has 1 N–H and O–H groups in total. The molecule has 0 spiro atoms. The number of nitrogens with one attached hydrogen (secondary N) is 1. The Bertz CT molecular complexity index is 1020. The van der Waals surface area contributed by atoms with Crippen molar-refractivity contribution in [3.63, 3.8) is 0 Å². The molecule has 0 aliphatic heterocycles. The third-order valence-corrected chi connectivity index (χ3v) is 4.26. The number of benzene rings is 3. The molecule has 26 heavy (non-hydrogen) atoms. The van der Waals surface area contributed by atoms with Gasteiger partial charge in [-0.05, 0) is 54.1 Å². The van der Waals surface area contributed by atoms with Crippen LogP contribution in [-0.2, 0) is 6.42 Å². The number of oxazole rings is 1. The normalized spacial score (nSPS) is 10.8. The van der Waals surface area contributed by atoms with Gasteiger partial charge in [0.05, 0.1) is 0 Å². The lowest BCUT2D eigenvalue weighted by Gasteiger charge is -2.06. The van der Waals surface area contributed by atoms with Crippen molar-refractivity contribution in [2.24, 2.45) is 0 Å². The molecule has 0 fully saturated rings. The number of hydrogen-bond acceptors (Lipinski definition) is 3. The topological polar surface area (TPSA) is 55.1 Å². The van der Waals surface area contributed by atoms with Gasteiger partial charge in [-0.1, -0.05) is 35.9 Å². The summed E-state index contributed by atoms with van der Waals surface area (Å²) in [5, 5.41) is 3.47. The Morgan fingerprint density at radius 2 is 1.69 bits per heavy atom. The maximum Gasteiger partial charge on any atom is 0.255 e. The van der Waals surface area contributed by atoms with Crippen molar-refractivity contribution in [3.05, 3.63) is 94.8 Å². The van der Waals surface area contributed by atoms with Crippen molar-refractivity contribution in [1.82, 2.24) is 4.98 Å². The second-order valence-electron chi connectivity index (χ2n) is 5.91. The monoisotopic (exact) mass is 362 g/mol. The lowest BCUT2D eigenvalue weighted by atomic mass is 10.1. The van der Waals surface area contributed by atoms with Crippen molar-refractivity contribution in [2.75, 3.05) is 5.32 Å². The van der Waals surface area contributed by atoms with E-state index in [1.807, 2.05) is 48.5 Å². The van der Waals surface area contributed by atoms with Gasteiger partial charge < -0.3 is 9.73 Å². The summed E-state index contributed by atoms with van der Waals surface area (Å²) in [5.74, 6) is 0.498. The largest absolute Gasteiger partial charge is 0.440 e. The summed E-state index contributed by atoms with van der Waals surface area (Å²) >= 11 is 5.84. The molecule has 4 aromatic rings. The number of para-hydroxylation sites is 2. The Kier molecular flexibility index (Phi) is 4.42. The van der Waals surface area contributed by atoms with Gasteiger partial charge in [0.15, 0.2) is 11.5 Å². The fourth-order valence-electron chi connectivity index (χ4n) is 2.68. The first-order valence-corrected chi connectivity index (χ1v) is 8.55. The highest BCUT2D eigenvalue weighted by Crippen LogP contribution is 2.19. The van der Waals surface area contributed by atoms with Crippen LogP contribution < -0.4 is 5.32 Å². The molecule has 1 amide bonds. The summed E-state index contributed by atoms with van der Waals surface area (Å²) in [5.41, 5.74) is 3.99. The molecule has 1 aromatic heterocycles. The summed E-state index contributed by atoms with van der Waals surface area (Å²) in [6, 6.07) is 22.1. The van der Waals surface area contributed by atoms with E-state index in [1.54, 1.807) is 24.3 Å². The first-order valence-electron chi connectivity index (χ1n) is 8.18. The van der Waals surface area contributed by atoms with Gasteiger partial charge in [0.1, 0.15) is 5.52 Å². The first kappa shape index (κ1) is 16.4. The number of aromatic nitrogens is 1. The molecule has 0 unspecified atom stereocenters. The van der Waals surface area contributed by atoms with Crippen LogP contribution in [0.3, 0.4) is 0 Å². The number of carbonyl (C=O) groups excluding carboxylic acids is 1. The molecule has 0 radical (unpaired) electrons. The minimum absolute atomic E-state index is 0.173. The number of anilines is 1. The number of fused-ring (bicyclic) bond motifs is 1. The molecule has 4 nitrogen and oxygen atoms in total. The number of nitrogens with zero attached hydrogens (tertiary/aromatic N) is 1. The molecule has 0 saturated heterocycles. The summed E-state index contributed by atoms with van der Waals surface area (Å²) < 4.78 is 5.74. The Morgan fingerprint density at radius 1 is 0.962 bits per heavy atom. The van der Waals surface area contributed by atoms with Crippen LogP contribution in [0.5, 0.6) is 0 Å². The lowest BCUT2D eigenvalue weighted by Crippen LogP contribution is -2.11. The standard InChI is InChI=1S/C21H15ClN2O2/c22-16-9-7-15(8-10-16)21(25)23-17-11-5-14(6-12-17)13-20-24-18-3-1-2-4-19(18)26-20/h1-12H,13H2,(H,23,25). The van der Waals surface area contributed by atoms with Gasteiger partial charge in [0, 0.05) is 22.7 Å². The molecule has 128 valence electrons. The molecule has 0 saturated carbocycles. The van der Waals surface area contributed by atoms with E-state index < -0.39 is 0 Å². The summed E-state index contributed by atoms with van der Waals surface area (Å²) in [6.45, 7) is 0. The Morgan fingerprint density at radius 3 is 2.42 bits per heavy atom. The second kappa shape index (κ2) is 7.02. The molecule has 0 aliphatic carbocycles. The summed E-state index contributed by atoms with van der Waals surface area (Å²) in [6.07, 6.45) is 0.597. The van der Waals surface area contributed by atoms with E-state index in [2.05, 4.69) is 10.3 Å². The highest BCUT2D eigenvalue weighted by Gasteiger charge is 2.08. The van der Waals surface area contributed by atoms with Crippen molar-refractivity contribution >= 4 is 34.3 Å². The Hall–Kier alpha value is -3.11. The number of amides is 1. The van der Waals surface area contributed by atoms with Gasteiger partial charge in [-0.25, -0.2) is 4.98 Å². The molecule has 3 aromatic carbocycles. The maximum atomic E-state index is 12.2. The van der Waals surface area contributed by atoms with Crippen molar-refractivity contribution in [1.29, 1.82) is 0 Å². The van der Waals surface area contributed by atoms with Gasteiger partial charge in [0.25, 0.3) is 5.91 Å². The van der Waals surface area contributed by atoms with E-state index in [0.29, 0.717) is 22.9 Å². The van der Waals surface area contributed by atoms with Crippen LogP contribution in [0, 0.1) is 0 Å². The molecule has 0 aliphatic rings. The van der Waals surface area contributed by atoms with E-state index in [-0.39, 0.29) is 5.91 Å². The average molecular weight is 363 g/mol. The van der Waals surface area contributed by atoms with Crippen molar-refractivity contribution in [3.8, 4) is 0 Å². The Labute approximate surface area is 155 Å². The zero-order valence-electron chi connectivity index (χ0n) is 13.8. The highest BCUT2D eigenvalue weighted by molar-refractivity contribution is 6.30. The van der Waals surface area contributed by atoms with Crippen LogP contribution in [0.4, 0.5) is 5.69 Å². The maximum absolute atomic E-state index is 12.2. The fourth-order valence-corrected chi connectivity index (χ4v) is 2.81. The van der Waals surface area contributed by atoms with Gasteiger partial charge in [-0.2, -0.15) is 0 Å². The summed E-state index contributed by atoms with van der Waals surface area (Å²) in [7, 11) is 0. The molecule has 1 heterocycles. The van der Waals surface area contributed by atoms with Crippen molar-refractivity contribution < 1.29 is 9.21 Å². The molecular formula is C21H15ClN2O2. The zero-order chi connectivity index (χ0) is 17.9. The smallest absolute Gasteiger partial charge is 0.255 e. The number of carbonyl (C=O) groups is 1. The molecule has 5 heteroatoms.